The van der Waals surface area contributed by atoms with Gasteiger partial charge in [-0.15, -0.1) is 0 Å². The van der Waals surface area contributed by atoms with Crippen molar-refractivity contribution >= 4 is 23.1 Å². The summed E-state index contributed by atoms with van der Waals surface area (Å²) < 4.78 is 16.8. The van der Waals surface area contributed by atoms with E-state index in [4.69, 9.17) is 14.2 Å². The van der Waals surface area contributed by atoms with Crippen LogP contribution < -0.4 is 14.2 Å². The molecule has 2 aromatic rings. The van der Waals surface area contributed by atoms with Crippen LogP contribution >= 0.6 is 0 Å². The maximum atomic E-state index is 15.5. The van der Waals surface area contributed by atoms with E-state index in [0.29, 0.717) is 84.0 Å². The second-order valence-electron chi connectivity index (χ2n) is 14.8. The highest BCUT2D eigenvalue weighted by atomic mass is 16.5. The average Bonchev–Trinajstić information content (AvgIpc) is 3.92. The summed E-state index contributed by atoms with van der Waals surface area (Å²) in [6, 6.07) is 45.1. The third-order valence-corrected chi connectivity index (χ3v) is 12.3. The zero-order chi connectivity index (χ0) is 39.9. The number of carbonyl (C=O) groups is 4. The van der Waals surface area contributed by atoms with Crippen LogP contribution in [0.15, 0.2) is 152 Å². The lowest BCUT2D eigenvalue weighted by Gasteiger charge is -2.28. The molecule has 0 fully saturated rings. The topological polar surface area (TPSA) is 96.0 Å². The van der Waals surface area contributed by atoms with Crippen molar-refractivity contribution in [2.75, 3.05) is 21.3 Å². The Morgan fingerprint density at radius 1 is 0.310 bits per heavy atom. The number of benzene rings is 2. The van der Waals surface area contributed by atoms with Crippen molar-refractivity contribution in [3.8, 4) is 50.6 Å². The van der Waals surface area contributed by atoms with E-state index in [1.807, 2.05) is 84.9 Å². The standard InChI is InChI=1S/C51H34O7/c1-56-31-16-12-29-14-26-42(34(29)22-18-31)50(46(52)38-8-4-5-9-39(38)47(50)53)44-28-45(37-25-21-33(58-3)20-24-36(37)44)51(48(54)40-10-6-7-11-41(40)49(51)55)43-27-15-30-13-17-32(57-2)19-23-35(30)43/h4-28H,1-3H3. The Balaban J connectivity index is 1.36. The summed E-state index contributed by atoms with van der Waals surface area (Å²) in [5, 5.41) is 0. The normalized spacial score (nSPS) is 15.2. The Labute approximate surface area is 334 Å². The number of ketones is 4. The molecule has 7 heteroatoms. The lowest BCUT2D eigenvalue weighted by molar-refractivity contribution is 0.0818. The summed E-state index contributed by atoms with van der Waals surface area (Å²) >= 11 is 0. The monoisotopic (exact) mass is 758 g/mol. The van der Waals surface area contributed by atoms with Gasteiger partial charge in [-0.2, -0.15) is 0 Å². The molecule has 0 spiro atoms. The molecule has 0 saturated heterocycles. The molecule has 280 valence electrons. The summed E-state index contributed by atoms with van der Waals surface area (Å²) in [7, 11) is 4.73. The molecule has 10 rings (SSSR count). The lowest BCUT2D eigenvalue weighted by Crippen LogP contribution is -2.41. The van der Waals surface area contributed by atoms with E-state index in [2.05, 4.69) is 0 Å². The average molecular weight is 759 g/mol. The van der Waals surface area contributed by atoms with E-state index in [1.165, 1.54) is 0 Å². The fourth-order valence-electron chi connectivity index (χ4n) is 9.52. The summed E-state index contributed by atoms with van der Waals surface area (Å²) in [4.78, 5) is 62.1. The molecule has 58 heavy (non-hydrogen) atoms. The van der Waals surface area contributed by atoms with Crippen molar-refractivity contribution in [3.05, 3.63) is 196 Å². The van der Waals surface area contributed by atoms with Gasteiger partial charge in [0, 0.05) is 22.3 Å². The van der Waals surface area contributed by atoms with Crippen LogP contribution in [0.4, 0.5) is 0 Å². The van der Waals surface area contributed by atoms with Crippen LogP contribution in [-0.2, 0) is 10.8 Å². The van der Waals surface area contributed by atoms with Crippen LogP contribution in [0.25, 0.3) is 33.4 Å². The minimum absolute atomic E-state index is 0.298. The number of ether oxygens (including phenoxy) is 3. The van der Waals surface area contributed by atoms with E-state index in [1.54, 1.807) is 88.1 Å². The smallest absolute Gasteiger partial charge is 0.186 e. The molecule has 0 saturated carbocycles. The molecule has 0 aromatic heterocycles. The van der Waals surface area contributed by atoms with Crippen LogP contribution in [0.1, 0.15) is 63.7 Å². The number of carbonyl (C=O) groups excluding carboxylic acids is 4. The minimum atomic E-state index is -1.91. The lowest BCUT2D eigenvalue weighted by atomic mass is 9.68. The van der Waals surface area contributed by atoms with Crippen molar-refractivity contribution < 1.29 is 33.4 Å². The van der Waals surface area contributed by atoms with Gasteiger partial charge >= 0.3 is 0 Å². The van der Waals surface area contributed by atoms with Gasteiger partial charge in [-0.05, 0) is 92.0 Å². The maximum Gasteiger partial charge on any atom is 0.186 e. The van der Waals surface area contributed by atoms with E-state index in [9.17, 15) is 0 Å². The first-order valence-corrected chi connectivity index (χ1v) is 18.9. The Morgan fingerprint density at radius 2 is 0.603 bits per heavy atom. The zero-order valence-electron chi connectivity index (χ0n) is 31.8. The van der Waals surface area contributed by atoms with E-state index < -0.39 is 34.0 Å². The number of hydrogen-bond acceptors (Lipinski definition) is 7. The van der Waals surface area contributed by atoms with Gasteiger partial charge < -0.3 is 14.2 Å². The van der Waals surface area contributed by atoms with Crippen LogP contribution in [0.5, 0.6) is 17.2 Å². The molecular formula is C51H34O7. The zero-order valence-corrected chi connectivity index (χ0v) is 31.8. The van der Waals surface area contributed by atoms with Gasteiger partial charge in [-0.1, -0.05) is 115 Å². The molecule has 0 bridgehead atoms. The first kappa shape index (κ1) is 35.1. The maximum absolute atomic E-state index is 15.5. The Kier molecular flexibility index (Phi) is 7.76. The highest BCUT2D eigenvalue weighted by Crippen LogP contribution is 2.58. The van der Waals surface area contributed by atoms with Crippen molar-refractivity contribution in [2.45, 2.75) is 10.8 Å². The van der Waals surface area contributed by atoms with E-state index in [-0.39, 0.29) is 0 Å². The van der Waals surface area contributed by atoms with Gasteiger partial charge in [0.2, 0.25) is 0 Å². The molecule has 8 aliphatic rings. The Bertz CT molecular complexity index is 2690. The first-order valence-electron chi connectivity index (χ1n) is 18.9. The van der Waals surface area contributed by atoms with Crippen molar-refractivity contribution in [2.24, 2.45) is 0 Å². The van der Waals surface area contributed by atoms with E-state index >= 15 is 19.2 Å². The van der Waals surface area contributed by atoms with Gasteiger partial charge in [-0.3, -0.25) is 19.2 Å². The molecule has 8 aliphatic carbocycles. The van der Waals surface area contributed by atoms with Crippen molar-refractivity contribution in [3.63, 3.8) is 0 Å². The summed E-state index contributed by atoms with van der Waals surface area (Å²) in [5.74, 6) is 0.149. The van der Waals surface area contributed by atoms with Gasteiger partial charge in [0.05, 0.1) is 21.3 Å². The highest BCUT2D eigenvalue weighted by molar-refractivity contribution is 6.38. The van der Waals surface area contributed by atoms with E-state index in [0.717, 1.165) is 11.1 Å². The fourth-order valence-corrected chi connectivity index (χ4v) is 9.52. The number of Topliss-reactive ketones (excluding diaryl/α,β-unsaturated/α-hetero) is 4. The van der Waals surface area contributed by atoms with Crippen LogP contribution in [0.2, 0.25) is 0 Å². The highest BCUT2D eigenvalue weighted by Gasteiger charge is 2.62. The van der Waals surface area contributed by atoms with Gasteiger partial charge in [0.1, 0.15) is 28.1 Å². The summed E-state index contributed by atoms with van der Waals surface area (Å²) in [6.45, 7) is 0. The summed E-state index contributed by atoms with van der Waals surface area (Å²) in [6.07, 6.45) is 0. The fraction of sp³-hybridized carbons (Fsp3) is 0.0980. The largest absolute Gasteiger partial charge is 0.497 e. The second-order valence-corrected chi connectivity index (χ2v) is 14.8. The molecule has 0 atom stereocenters. The third-order valence-electron chi connectivity index (χ3n) is 12.3. The number of rotatable bonds is 7. The predicted molar refractivity (Wildman–Crippen MR) is 221 cm³/mol. The molecule has 0 amide bonds. The number of methoxy groups -OCH3 is 3. The minimum Gasteiger partial charge on any atom is -0.497 e. The SMILES string of the molecule is COc1ccc2ccc(C3(c4cc(C5(c6ccc7ccc(OC)ccc6-7)C(=O)c6ccccc6C5=O)c5ccc(OC)ccc4-5)C(=O)c4ccccc4C3=O)c-2cc1. The quantitative estimate of drug-likeness (QED) is 0.149. The van der Waals surface area contributed by atoms with Crippen molar-refractivity contribution in [1.29, 1.82) is 0 Å². The van der Waals surface area contributed by atoms with Gasteiger partial charge in [0.25, 0.3) is 0 Å². The molecular weight excluding hydrogens is 725 g/mol. The Morgan fingerprint density at radius 3 is 0.931 bits per heavy atom. The molecule has 2 aromatic carbocycles. The predicted octanol–water partition coefficient (Wildman–Crippen LogP) is 9.76. The van der Waals surface area contributed by atoms with Crippen LogP contribution in [-0.4, -0.2) is 44.5 Å². The van der Waals surface area contributed by atoms with Crippen molar-refractivity contribution in [1.82, 2.24) is 0 Å². The molecule has 0 unspecified atom stereocenters. The first-order chi connectivity index (χ1) is 28.3. The van der Waals surface area contributed by atoms with Gasteiger partial charge in [0.15, 0.2) is 23.1 Å². The molecule has 0 N–H and O–H groups in total. The molecule has 0 aliphatic heterocycles. The van der Waals surface area contributed by atoms with Crippen LogP contribution in [0.3, 0.4) is 0 Å². The van der Waals surface area contributed by atoms with Crippen LogP contribution in [0, 0.1) is 0 Å². The third kappa shape index (κ3) is 4.49. The molecule has 7 nitrogen and oxygen atoms in total. The number of hydrogen-bond donors (Lipinski definition) is 0. The Hall–Kier alpha value is -7.38. The molecule has 0 heterocycles. The van der Waals surface area contributed by atoms with Gasteiger partial charge in [-0.25, -0.2) is 0 Å². The number of fused-ring (bicyclic) bond motifs is 5. The summed E-state index contributed by atoms with van der Waals surface area (Å²) in [5.41, 5.74) is 3.13. The second kappa shape index (κ2) is 12.8. The molecule has 0 radical (unpaired) electrons.